The van der Waals surface area contributed by atoms with E-state index in [9.17, 15) is 4.79 Å². The Morgan fingerprint density at radius 1 is 1.16 bits per heavy atom. The van der Waals surface area contributed by atoms with Crippen molar-refractivity contribution >= 4 is 28.7 Å². The van der Waals surface area contributed by atoms with Gasteiger partial charge in [-0.1, -0.05) is 0 Å². The highest BCUT2D eigenvalue weighted by atomic mass is 16.1. The SMILES string of the molecule is CNc1cc(-c2ccc(N3CCCC3)c3nccn23)nc2c(C(=O)NC3CC3)cnn12. The lowest BCUT2D eigenvalue weighted by atomic mass is 10.2. The number of hydrogen-bond acceptors (Lipinski definition) is 6. The molecule has 0 radical (unpaired) electrons. The first kappa shape index (κ1) is 18.2. The van der Waals surface area contributed by atoms with Gasteiger partial charge in [0.05, 0.1) is 23.3 Å². The summed E-state index contributed by atoms with van der Waals surface area (Å²) < 4.78 is 3.75. The molecule has 158 valence electrons. The van der Waals surface area contributed by atoms with Crippen molar-refractivity contribution in [3.05, 3.63) is 42.4 Å². The van der Waals surface area contributed by atoms with Crippen molar-refractivity contribution in [3.8, 4) is 11.4 Å². The van der Waals surface area contributed by atoms with Crippen molar-refractivity contribution in [2.75, 3.05) is 30.4 Å². The Labute approximate surface area is 179 Å². The van der Waals surface area contributed by atoms with Gasteiger partial charge in [-0.15, -0.1) is 0 Å². The van der Waals surface area contributed by atoms with Crippen LogP contribution in [-0.2, 0) is 0 Å². The molecule has 2 N–H and O–H groups in total. The van der Waals surface area contributed by atoms with Crippen LogP contribution in [0.5, 0.6) is 0 Å². The Hall–Kier alpha value is -3.62. The summed E-state index contributed by atoms with van der Waals surface area (Å²) in [6.45, 7) is 2.12. The number of nitrogens with one attached hydrogen (secondary N) is 2. The Morgan fingerprint density at radius 3 is 2.77 bits per heavy atom. The van der Waals surface area contributed by atoms with E-state index in [1.807, 2.05) is 25.5 Å². The summed E-state index contributed by atoms with van der Waals surface area (Å²) >= 11 is 0. The average molecular weight is 416 g/mol. The zero-order chi connectivity index (χ0) is 20.9. The van der Waals surface area contributed by atoms with Gasteiger partial charge < -0.3 is 15.5 Å². The van der Waals surface area contributed by atoms with Gasteiger partial charge in [0.15, 0.2) is 11.3 Å². The Morgan fingerprint density at radius 2 is 2.00 bits per heavy atom. The van der Waals surface area contributed by atoms with Crippen LogP contribution < -0.4 is 15.5 Å². The van der Waals surface area contributed by atoms with Gasteiger partial charge in [0, 0.05) is 44.6 Å². The van der Waals surface area contributed by atoms with Gasteiger partial charge in [-0.3, -0.25) is 9.20 Å². The molecular weight excluding hydrogens is 392 g/mol. The second-order valence-electron chi connectivity index (χ2n) is 8.24. The molecule has 1 saturated carbocycles. The van der Waals surface area contributed by atoms with E-state index >= 15 is 0 Å². The summed E-state index contributed by atoms with van der Waals surface area (Å²) in [5.74, 6) is 0.642. The number of rotatable bonds is 5. The summed E-state index contributed by atoms with van der Waals surface area (Å²) in [6.07, 6.45) is 9.88. The zero-order valence-corrected chi connectivity index (χ0v) is 17.4. The third-order valence-corrected chi connectivity index (χ3v) is 6.12. The topological polar surface area (TPSA) is 91.9 Å². The molecule has 4 aromatic rings. The van der Waals surface area contributed by atoms with E-state index in [4.69, 9.17) is 4.98 Å². The van der Waals surface area contributed by atoms with E-state index in [1.54, 1.807) is 10.7 Å². The number of pyridine rings is 1. The number of nitrogens with zero attached hydrogens (tertiary/aromatic N) is 6. The first-order chi connectivity index (χ1) is 15.2. The van der Waals surface area contributed by atoms with Crippen molar-refractivity contribution in [3.63, 3.8) is 0 Å². The molecule has 9 nitrogen and oxygen atoms in total. The normalized spacial score (nSPS) is 16.4. The second kappa shape index (κ2) is 6.97. The zero-order valence-electron chi connectivity index (χ0n) is 17.4. The van der Waals surface area contributed by atoms with Gasteiger partial charge in [0.2, 0.25) is 0 Å². The maximum atomic E-state index is 12.7. The minimum atomic E-state index is -0.124. The van der Waals surface area contributed by atoms with Crippen molar-refractivity contribution < 1.29 is 4.79 Å². The Bertz CT molecular complexity index is 1300. The maximum absolute atomic E-state index is 12.7. The van der Waals surface area contributed by atoms with E-state index in [0.29, 0.717) is 11.2 Å². The van der Waals surface area contributed by atoms with Crippen LogP contribution in [0.4, 0.5) is 11.5 Å². The molecular formula is C22H24N8O. The number of fused-ring (bicyclic) bond motifs is 2. The molecule has 1 saturated heterocycles. The molecule has 31 heavy (non-hydrogen) atoms. The highest BCUT2D eigenvalue weighted by Gasteiger charge is 2.26. The Balaban J connectivity index is 1.49. The number of hydrogen-bond donors (Lipinski definition) is 2. The van der Waals surface area contributed by atoms with Gasteiger partial charge in [-0.2, -0.15) is 9.61 Å². The molecule has 0 unspecified atom stereocenters. The largest absolute Gasteiger partial charge is 0.373 e. The molecule has 2 fully saturated rings. The standard InChI is InChI=1S/C22H24N8O/c1-23-19-12-16(27-20-15(13-25-30(19)20)22(31)26-14-4-5-14)17-6-7-18(28-9-2-3-10-28)21-24-8-11-29(17)21/h6-8,11-14,23H,2-5,9-10H2,1H3,(H,26,31). The van der Waals surface area contributed by atoms with Gasteiger partial charge in [-0.05, 0) is 37.8 Å². The lowest BCUT2D eigenvalue weighted by molar-refractivity contribution is 0.0952. The third kappa shape index (κ3) is 2.99. The van der Waals surface area contributed by atoms with Crippen molar-refractivity contribution in [1.29, 1.82) is 0 Å². The average Bonchev–Trinajstić information content (AvgIpc) is 3.23. The summed E-state index contributed by atoms with van der Waals surface area (Å²) in [6, 6.07) is 6.44. The lowest BCUT2D eigenvalue weighted by Crippen LogP contribution is -2.25. The van der Waals surface area contributed by atoms with Crippen LogP contribution in [0.15, 0.2) is 36.8 Å². The molecule has 0 spiro atoms. The molecule has 9 heteroatoms. The predicted octanol–water partition coefficient (Wildman–Crippen LogP) is 2.58. The van der Waals surface area contributed by atoms with Crippen LogP contribution in [0, 0.1) is 0 Å². The molecule has 0 aromatic carbocycles. The maximum Gasteiger partial charge on any atom is 0.256 e. The van der Waals surface area contributed by atoms with E-state index in [0.717, 1.165) is 54.5 Å². The molecule has 6 rings (SSSR count). The molecule has 1 aliphatic heterocycles. The second-order valence-corrected chi connectivity index (χ2v) is 8.24. The fourth-order valence-corrected chi connectivity index (χ4v) is 4.34. The van der Waals surface area contributed by atoms with Gasteiger partial charge in [-0.25, -0.2) is 9.97 Å². The highest BCUT2D eigenvalue weighted by molar-refractivity contribution is 6.00. The lowest BCUT2D eigenvalue weighted by Gasteiger charge is -2.19. The van der Waals surface area contributed by atoms with Crippen LogP contribution in [0.2, 0.25) is 0 Å². The predicted molar refractivity (Wildman–Crippen MR) is 119 cm³/mol. The minimum absolute atomic E-state index is 0.124. The number of carbonyl (C=O) groups is 1. The molecule has 4 aromatic heterocycles. The van der Waals surface area contributed by atoms with Gasteiger partial charge in [0.25, 0.3) is 5.91 Å². The number of aromatic nitrogens is 5. The van der Waals surface area contributed by atoms with Gasteiger partial charge >= 0.3 is 0 Å². The molecule has 0 bridgehead atoms. The molecule has 1 amide bonds. The number of imidazole rings is 1. The number of carbonyl (C=O) groups excluding carboxylic acids is 1. The van der Waals surface area contributed by atoms with E-state index < -0.39 is 0 Å². The quantitative estimate of drug-likeness (QED) is 0.520. The van der Waals surface area contributed by atoms with Gasteiger partial charge in [0.1, 0.15) is 11.4 Å². The fourth-order valence-electron chi connectivity index (χ4n) is 4.34. The molecule has 0 atom stereocenters. The first-order valence-electron chi connectivity index (χ1n) is 10.8. The molecule has 5 heterocycles. The van der Waals surface area contributed by atoms with Crippen molar-refractivity contribution in [2.45, 2.75) is 31.7 Å². The Kier molecular flexibility index (Phi) is 4.09. The summed E-state index contributed by atoms with van der Waals surface area (Å²) in [4.78, 5) is 24.6. The minimum Gasteiger partial charge on any atom is -0.373 e. The molecule has 2 aliphatic rings. The van der Waals surface area contributed by atoms with Crippen LogP contribution in [-0.4, -0.2) is 56.1 Å². The molecule has 1 aliphatic carbocycles. The highest BCUT2D eigenvalue weighted by Crippen LogP contribution is 2.30. The van der Waals surface area contributed by atoms with Crippen LogP contribution >= 0.6 is 0 Å². The number of anilines is 2. The summed E-state index contributed by atoms with van der Waals surface area (Å²) in [7, 11) is 1.84. The van der Waals surface area contributed by atoms with E-state index in [-0.39, 0.29) is 11.9 Å². The van der Waals surface area contributed by atoms with E-state index in [2.05, 4.69) is 42.1 Å². The van der Waals surface area contributed by atoms with Crippen molar-refractivity contribution in [2.24, 2.45) is 0 Å². The van der Waals surface area contributed by atoms with Crippen LogP contribution in [0.1, 0.15) is 36.0 Å². The summed E-state index contributed by atoms with van der Waals surface area (Å²) in [5, 5.41) is 10.6. The smallest absolute Gasteiger partial charge is 0.256 e. The van der Waals surface area contributed by atoms with Crippen LogP contribution in [0.25, 0.3) is 22.7 Å². The number of amides is 1. The van der Waals surface area contributed by atoms with E-state index in [1.165, 1.54) is 12.8 Å². The third-order valence-electron chi connectivity index (χ3n) is 6.12. The monoisotopic (exact) mass is 416 g/mol. The fraction of sp³-hybridized carbons (Fsp3) is 0.364. The van der Waals surface area contributed by atoms with Crippen molar-refractivity contribution in [1.82, 2.24) is 29.3 Å². The summed E-state index contributed by atoms with van der Waals surface area (Å²) in [5.41, 5.74) is 4.78. The first-order valence-corrected chi connectivity index (χ1v) is 10.8. The van der Waals surface area contributed by atoms with Crippen LogP contribution in [0.3, 0.4) is 0 Å².